The molecule has 30 heavy (non-hydrogen) atoms. The van der Waals surface area contributed by atoms with E-state index in [1.165, 1.54) is 6.20 Å². The molecule has 0 saturated heterocycles. The number of hydrogen-bond donors (Lipinski definition) is 1. The van der Waals surface area contributed by atoms with Gasteiger partial charge >= 0.3 is 12.1 Å². The largest absolute Gasteiger partial charge is 0.541 e. The van der Waals surface area contributed by atoms with Crippen molar-refractivity contribution < 1.29 is 32.2 Å². The summed E-state index contributed by atoms with van der Waals surface area (Å²) >= 11 is 12.1. The summed E-state index contributed by atoms with van der Waals surface area (Å²) in [6.45, 7) is 8.94. The Morgan fingerprint density at radius 1 is 1.20 bits per heavy atom. The number of esters is 1. The molecular weight excluding hydrogens is 464 g/mol. The summed E-state index contributed by atoms with van der Waals surface area (Å²) in [6.07, 6.45) is -3.34. The molecule has 2 rings (SSSR count). The second-order valence-electron chi connectivity index (χ2n) is 8.00. The van der Waals surface area contributed by atoms with Crippen LogP contribution in [0.2, 0.25) is 28.2 Å². The highest BCUT2D eigenvalue weighted by molar-refractivity contribution is 6.74. The van der Waals surface area contributed by atoms with Gasteiger partial charge in [0.2, 0.25) is 5.69 Å². The van der Waals surface area contributed by atoms with Crippen LogP contribution in [0.15, 0.2) is 18.3 Å². The molecule has 166 valence electrons. The van der Waals surface area contributed by atoms with Gasteiger partial charge in [-0.2, -0.15) is 18.3 Å². The SMILES string of the molecule is CC(C)(C)[Si](C)(C)Oc1cn(-c2c(Cl)cc(C(F)(F)F)cc2Cl)nc1C(=O)OCO. The molecule has 0 fully saturated rings. The summed E-state index contributed by atoms with van der Waals surface area (Å²) in [5.41, 5.74) is -1.35. The minimum absolute atomic E-state index is 0.0482. The maximum absolute atomic E-state index is 13.0. The van der Waals surface area contributed by atoms with Gasteiger partial charge in [0.1, 0.15) is 5.69 Å². The zero-order valence-electron chi connectivity index (χ0n) is 16.9. The Morgan fingerprint density at radius 2 is 1.73 bits per heavy atom. The summed E-state index contributed by atoms with van der Waals surface area (Å²) in [4.78, 5) is 12.3. The van der Waals surface area contributed by atoms with Crippen LogP contribution in [0, 0.1) is 0 Å². The van der Waals surface area contributed by atoms with E-state index in [4.69, 9.17) is 32.7 Å². The molecule has 1 N–H and O–H groups in total. The Hall–Kier alpha value is -1.75. The molecule has 0 atom stereocenters. The van der Waals surface area contributed by atoms with Gasteiger partial charge < -0.3 is 14.3 Å². The molecule has 0 aliphatic rings. The van der Waals surface area contributed by atoms with Gasteiger partial charge in [-0.05, 0) is 30.3 Å². The predicted molar refractivity (Wildman–Crippen MR) is 109 cm³/mol. The van der Waals surface area contributed by atoms with Crippen molar-refractivity contribution in [3.05, 3.63) is 39.6 Å². The van der Waals surface area contributed by atoms with Gasteiger partial charge in [0.05, 0.1) is 21.8 Å². The number of hydrogen-bond acceptors (Lipinski definition) is 5. The van der Waals surface area contributed by atoms with Crippen molar-refractivity contribution in [3.8, 4) is 11.4 Å². The number of aliphatic hydroxyl groups is 1. The molecule has 0 unspecified atom stereocenters. The topological polar surface area (TPSA) is 73.6 Å². The summed E-state index contributed by atoms with van der Waals surface area (Å²) in [6, 6.07) is 1.43. The Labute approximate surface area is 182 Å². The summed E-state index contributed by atoms with van der Waals surface area (Å²) in [5.74, 6) is -0.920. The molecule has 0 saturated carbocycles. The molecule has 1 aromatic carbocycles. The number of nitrogens with zero attached hydrogens (tertiary/aromatic N) is 2. The third-order valence-electron chi connectivity index (χ3n) is 4.81. The fraction of sp³-hybridized carbons (Fsp3) is 0.444. The standard InChI is InChI=1S/C18H21Cl2F3N2O4Si/c1-17(2,3)30(4,5)29-13-8-25(24-14(13)16(27)28-9-26)15-11(19)6-10(7-12(15)20)18(21,22)23/h6-8,26H,9H2,1-5H3. The number of halogens is 5. The normalized spacial score (nSPS) is 12.8. The molecule has 12 heteroatoms. The molecule has 0 aliphatic carbocycles. The Morgan fingerprint density at radius 3 is 2.17 bits per heavy atom. The fourth-order valence-corrected chi connectivity index (χ4v) is 3.86. The van der Waals surface area contributed by atoms with E-state index in [9.17, 15) is 18.0 Å². The van der Waals surface area contributed by atoms with Crippen molar-refractivity contribution in [1.29, 1.82) is 0 Å². The highest BCUT2D eigenvalue weighted by Gasteiger charge is 2.40. The van der Waals surface area contributed by atoms with Crippen LogP contribution < -0.4 is 4.43 Å². The van der Waals surface area contributed by atoms with Crippen LogP contribution in [-0.4, -0.2) is 36.0 Å². The van der Waals surface area contributed by atoms with Gasteiger partial charge in [-0.25, -0.2) is 9.48 Å². The molecular formula is C18H21Cl2F3N2O4Si. The smallest absolute Gasteiger partial charge is 0.416 e. The first-order valence-electron chi connectivity index (χ1n) is 8.72. The number of ether oxygens (including phenoxy) is 1. The minimum Gasteiger partial charge on any atom is -0.541 e. The molecule has 0 radical (unpaired) electrons. The van der Waals surface area contributed by atoms with Crippen molar-refractivity contribution >= 4 is 37.5 Å². The molecule has 0 aliphatic heterocycles. The molecule has 0 spiro atoms. The van der Waals surface area contributed by atoms with E-state index in [2.05, 4.69) is 9.84 Å². The zero-order valence-corrected chi connectivity index (χ0v) is 19.4. The van der Waals surface area contributed by atoms with E-state index in [-0.39, 0.29) is 32.2 Å². The number of rotatable bonds is 5. The van der Waals surface area contributed by atoms with Crippen molar-refractivity contribution in [1.82, 2.24) is 9.78 Å². The van der Waals surface area contributed by atoms with E-state index in [1.54, 1.807) is 0 Å². The molecule has 1 aromatic heterocycles. The predicted octanol–water partition coefficient (Wildman–Crippen LogP) is 5.69. The Balaban J connectivity index is 2.62. The number of benzene rings is 1. The highest BCUT2D eigenvalue weighted by atomic mass is 35.5. The lowest BCUT2D eigenvalue weighted by Gasteiger charge is -2.36. The van der Waals surface area contributed by atoms with Crippen LogP contribution in [0.25, 0.3) is 5.69 Å². The quantitative estimate of drug-likeness (QED) is 0.335. The number of aromatic nitrogens is 2. The third kappa shape index (κ3) is 5.10. The van der Waals surface area contributed by atoms with Gasteiger partial charge in [-0.3, -0.25) is 0 Å². The van der Waals surface area contributed by atoms with E-state index in [0.29, 0.717) is 12.1 Å². The lowest BCUT2D eigenvalue weighted by molar-refractivity contribution is -0.137. The Bertz CT molecular complexity index is 933. The van der Waals surface area contributed by atoms with Crippen LogP contribution >= 0.6 is 23.2 Å². The maximum Gasteiger partial charge on any atom is 0.416 e. The highest BCUT2D eigenvalue weighted by Crippen LogP contribution is 2.40. The van der Waals surface area contributed by atoms with Crippen molar-refractivity contribution in [2.45, 2.75) is 45.1 Å². The van der Waals surface area contributed by atoms with Gasteiger partial charge in [0.15, 0.2) is 12.5 Å². The second kappa shape index (κ2) is 8.41. The average molecular weight is 485 g/mol. The number of carbonyl (C=O) groups is 1. The maximum atomic E-state index is 13.0. The first-order chi connectivity index (χ1) is 13.6. The van der Waals surface area contributed by atoms with Crippen molar-refractivity contribution in [2.75, 3.05) is 6.79 Å². The van der Waals surface area contributed by atoms with Crippen LogP contribution in [0.3, 0.4) is 0 Å². The van der Waals surface area contributed by atoms with Crippen LogP contribution in [0.4, 0.5) is 13.2 Å². The first-order valence-corrected chi connectivity index (χ1v) is 12.4. The van der Waals surface area contributed by atoms with Crippen LogP contribution in [0.1, 0.15) is 36.8 Å². The summed E-state index contributed by atoms with van der Waals surface area (Å²) in [5, 5.41) is 12.1. The fourth-order valence-electron chi connectivity index (χ4n) is 2.19. The number of carbonyl (C=O) groups excluding carboxylic acids is 1. The van der Waals surface area contributed by atoms with E-state index in [1.807, 2.05) is 33.9 Å². The summed E-state index contributed by atoms with van der Waals surface area (Å²) in [7, 11) is -2.43. The lowest BCUT2D eigenvalue weighted by atomic mass is 10.2. The average Bonchev–Trinajstić information content (AvgIpc) is 2.95. The molecule has 0 bridgehead atoms. The molecule has 2 aromatic rings. The first kappa shape index (κ1) is 24.5. The number of aliphatic hydroxyl groups excluding tert-OH is 1. The Kier molecular flexibility index (Phi) is 6.87. The number of alkyl halides is 3. The second-order valence-corrected chi connectivity index (χ2v) is 13.5. The van der Waals surface area contributed by atoms with Gasteiger partial charge in [-0.1, -0.05) is 44.0 Å². The molecule has 6 nitrogen and oxygen atoms in total. The zero-order chi connectivity index (χ0) is 23.1. The van der Waals surface area contributed by atoms with Crippen LogP contribution in [-0.2, 0) is 10.9 Å². The van der Waals surface area contributed by atoms with Crippen molar-refractivity contribution in [3.63, 3.8) is 0 Å². The monoisotopic (exact) mass is 484 g/mol. The van der Waals surface area contributed by atoms with E-state index < -0.39 is 32.8 Å². The van der Waals surface area contributed by atoms with Crippen LogP contribution in [0.5, 0.6) is 5.75 Å². The molecule has 1 heterocycles. The van der Waals surface area contributed by atoms with E-state index >= 15 is 0 Å². The van der Waals surface area contributed by atoms with Gasteiger partial charge in [0.25, 0.3) is 8.32 Å². The van der Waals surface area contributed by atoms with Gasteiger partial charge in [0, 0.05) is 0 Å². The lowest BCUT2D eigenvalue weighted by Crippen LogP contribution is -2.44. The van der Waals surface area contributed by atoms with Crippen molar-refractivity contribution in [2.24, 2.45) is 0 Å². The van der Waals surface area contributed by atoms with E-state index in [0.717, 1.165) is 4.68 Å². The minimum atomic E-state index is -4.64. The summed E-state index contributed by atoms with van der Waals surface area (Å²) < 4.78 is 50.8. The third-order valence-corrected chi connectivity index (χ3v) is 9.73. The van der Waals surface area contributed by atoms with Gasteiger partial charge in [-0.15, -0.1) is 0 Å². The molecule has 0 amide bonds.